The van der Waals surface area contributed by atoms with E-state index in [0.29, 0.717) is 16.8 Å². The van der Waals surface area contributed by atoms with Crippen LogP contribution in [0.2, 0.25) is 0 Å². The van der Waals surface area contributed by atoms with Crippen molar-refractivity contribution >= 4 is 39.8 Å². The molecule has 0 spiro atoms. The fourth-order valence-corrected chi connectivity index (χ4v) is 4.35. The van der Waals surface area contributed by atoms with Crippen LogP contribution in [0.15, 0.2) is 66.0 Å². The van der Waals surface area contributed by atoms with E-state index in [1.165, 1.54) is 28.7 Å². The minimum atomic E-state index is -0.124. The van der Waals surface area contributed by atoms with E-state index in [1.54, 1.807) is 6.20 Å². The van der Waals surface area contributed by atoms with Crippen LogP contribution in [0.25, 0.3) is 5.69 Å². The van der Waals surface area contributed by atoms with Crippen LogP contribution in [-0.4, -0.2) is 31.4 Å². The number of thioether (sulfide) groups is 1. The number of nitrogens with zero attached hydrogens (tertiary/aromatic N) is 4. The van der Waals surface area contributed by atoms with Crippen LogP contribution in [-0.2, 0) is 11.3 Å². The molecule has 158 valence electrons. The minimum absolute atomic E-state index is 0.124. The zero-order valence-electron chi connectivity index (χ0n) is 17.2. The van der Waals surface area contributed by atoms with Crippen molar-refractivity contribution in [3.63, 3.8) is 0 Å². The lowest BCUT2D eigenvalue weighted by Crippen LogP contribution is -2.14. The van der Waals surface area contributed by atoms with Crippen molar-refractivity contribution in [1.29, 1.82) is 0 Å². The summed E-state index contributed by atoms with van der Waals surface area (Å²) >= 11 is 2.80. The summed E-state index contributed by atoms with van der Waals surface area (Å²) in [7, 11) is 0. The van der Waals surface area contributed by atoms with Crippen LogP contribution in [0.4, 0.5) is 10.8 Å². The largest absolute Gasteiger partial charge is 0.378 e. The summed E-state index contributed by atoms with van der Waals surface area (Å²) in [5.41, 5.74) is 3.18. The highest BCUT2D eigenvalue weighted by molar-refractivity contribution is 7.99. The molecule has 4 aromatic rings. The van der Waals surface area contributed by atoms with Crippen molar-refractivity contribution in [3.8, 4) is 5.69 Å². The normalized spacial score (nSPS) is 10.8. The molecule has 0 fully saturated rings. The first-order valence-corrected chi connectivity index (χ1v) is 11.5. The summed E-state index contributed by atoms with van der Waals surface area (Å²) in [6, 6.07) is 18.1. The van der Waals surface area contributed by atoms with E-state index in [9.17, 15) is 4.79 Å². The predicted molar refractivity (Wildman–Crippen MR) is 126 cm³/mol. The van der Waals surface area contributed by atoms with Crippen molar-refractivity contribution in [2.75, 3.05) is 16.4 Å². The smallest absolute Gasteiger partial charge is 0.236 e. The van der Waals surface area contributed by atoms with Crippen molar-refractivity contribution in [1.82, 2.24) is 19.7 Å². The third-order valence-electron chi connectivity index (χ3n) is 4.42. The Morgan fingerprint density at radius 3 is 2.55 bits per heavy atom. The quantitative estimate of drug-likeness (QED) is 0.379. The highest BCUT2D eigenvalue weighted by Crippen LogP contribution is 2.24. The van der Waals surface area contributed by atoms with Gasteiger partial charge in [-0.05, 0) is 38.1 Å². The molecule has 0 atom stereocenters. The van der Waals surface area contributed by atoms with E-state index in [-0.39, 0.29) is 11.7 Å². The van der Waals surface area contributed by atoms with Crippen LogP contribution < -0.4 is 10.6 Å². The van der Waals surface area contributed by atoms with Gasteiger partial charge in [-0.2, -0.15) is 0 Å². The lowest BCUT2D eigenvalue weighted by molar-refractivity contribution is -0.113. The monoisotopic (exact) mass is 450 g/mol. The number of rotatable bonds is 8. The van der Waals surface area contributed by atoms with E-state index in [1.807, 2.05) is 54.0 Å². The molecular weight excluding hydrogens is 428 g/mol. The number of carbonyl (C=O) groups excluding carboxylic acids is 1. The first-order valence-electron chi connectivity index (χ1n) is 9.74. The number of carbonyl (C=O) groups is 1. The van der Waals surface area contributed by atoms with Gasteiger partial charge in [0.05, 0.1) is 12.3 Å². The summed E-state index contributed by atoms with van der Waals surface area (Å²) < 4.78 is 1.98. The Balaban J connectivity index is 1.49. The Morgan fingerprint density at radius 1 is 1.06 bits per heavy atom. The minimum Gasteiger partial charge on any atom is -0.378 e. The van der Waals surface area contributed by atoms with Crippen LogP contribution in [0, 0.1) is 13.8 Å². The molecule has 0 aliphatic heterocycles. The number of nitrogens with one attached hydrogen (secondary N) is 2. The molecule has 0 saturated heterocycles. The maximum absolute atomic E-state index is 12.4. The van der Waals surface area contributed by atoms with Crippen LogP contribution in [0.1, 0.15) is 16.3 Å². The van der Waals surface area contributed by atoms with Crippen molar-refractivity contribution in [3.05, 3.63) is 77.1 Å². The number of hydrogen-bond donors (Lipinski definition) is 2. The Labute approximate surface area is 188 Å². The molecule has 2 heterocycles. The predicted octanol–water partition coefficient (Wildman–Crippen LogP) is 4.68. The summed E-state index contributed by atoms with van der Waals surface area (Å²) in [5, 5.41) is 16.2. The van der Waals surface area contributed by atoms with Gasteiger partial charge in [0.15, 0.2) is 16.1 Å². The first kappa shape index (κ1) is 21.1. The molecule has 4 rings (SSSR count). The molecule has 2 aromatic carbocycles. The molecule has 0 bridgehead atoms. The Bertz CT molecular complexity index is 1150. The van der Waals surface area contributed by atoms with E-state index in [0.717, 1.165) is 22.1 Å². The number of hydrogen-bond acceptors (Lipinski definition) is 7. The summed E-state index contributed by atoms with van der Waals surface area (Å²) in [6.07, 6.45) is 1.74. The summed E-state index contributed by atoms with van der Waals surface area (Å²) in [4.78, 5) is 17.6. The molecule has 0 unspecified atom stereocenters. The summed E-state index contributed by atoms with van der Waals surface area (Å²) in [5.74, 6) is 0.862. The van der Waals surface area contributed by atoms with E-state index in [2.05, 4.69) is 44.9 Å². The van der Waals surface area contributed by atoms with Gasteiger partial charge in [-0.15, -0.1) is 21.5 Å². The van der Waals surface area contributed by atoms with Crippen molar-refractivity contribution < 1.29 is 4.79 Å². The fourth-order valence-electron chi connectivity index (χ4n) is 2.90. The third kappa shape index (κ3) is 5.50. The first-order chi connectivity index (χ1) is 15.1. The van der Waals surface area contributed by atoms with Gasteiger partial charge in [-0.3, -0.25) is 9.36 Å². The standard InChI is InChI=1S/C22H22N6OS2/c1-15-8-10-17(11-9-15)23-13-19-26-27-22(28(19)18-6-4-3-5-7-18)30-14-20(29)25-21-24-12-16(2)31-21/h3-12,23H,13-14H2,1-2H3,(H,24,25,29). The number of thiazole rings is 1. The molecule has 0 radical (unpaired) electrons. The second-order valence-corrected chi connectivity index (χ2v) is 9.08. The fraction of sp³-hybridized carbons (Fsp3) is 0.182. The molecule has 1 amide bonds. The van der Waals surface area contributed by atoms with E-state index in [4.69, 9.17) is 0 Å². The number of aryl methyl sites for hydroxylation is 2. The van der Waals surface area contributed by atoms with Crippen molar-refractivity contribution in [2.45, 2.75) is 25.5 Å². The maximum Gasteiger partial charge on any atom is 0.236 e. The second-order valence-electron chi connectivity index (χ2n) is 6.90. The van der Waals surface area contributed by atoms with Crippen molar-refractivity contribution in [2.24, 2.45) is 0 Å². The second kappa shape index (κ2) is 9.76. The molecule has 0 aliphatic rings. The Kier molecular flexibility index (Phi) is 6.63. The lowest BCUT2D eigenvalue weighted by atomic mass is 10.2. The van der Waals surface area contributed by atoms with Crippen LogP contribution in [0.3, 0.4) is 0 Å². The Hall–Kier alpha value is -3.17. The molecule has 7 nitrogen and oxygen atoms in total. The molecule has 0 aliphatic carbocycles. The topological polar surface area (TPSA) is 84.7 Å². The average molecular weight is 451 g/mol. The number of amides is 1. The van der Waals surface area contributed by atoms with Gasteiger partial charge in [0.1, 0.15) is 0 Å². The third-order valence-corrected chi connectivity index (χ3v) is 6.17. The molecule has 31 heavy (non-hydrogen) atoms. The molecule has 2 aromatic heterocycles. The van der Waals surface area contributed by atoms with Gasteiger partial charge in [0.2, 0.25) is 5.91 Å². The van der Waals surface area contributed by atoms with Gasteiger partial charge in [-0.1, -0.05) is 47.7 Å². The van der Waals surface area contributed by atoms with Crippen LogP contribution >= 0.6 is 23.1 Å². The maximum atomic E-state index is 12.4. The van der Waals surface area contributed by atoms with Gasteiger partial charge in [0.25, 0.3) is 0 Å². The number of benzene rings is 2. The number of aromatic nitrogens is 4. The molecule has 0 saturated carbocycles. The highest BCUT2D eigenvalue weighted by atomic mass is 32.2. The summed E-state index contributed by atoms with van der Waals surface area (Å²) in [6.45, 7) is 4.53. The van der Waals surface area contributed by atoms with E-state index >= 15 is 0 Å². The van der Waals surface area contributed by atoms with Gasteiger partial charge < -0.3 is 10.6 Å². The number of para-hydroxylation sites is 1. The Morgan fingerprint density at radius 2 is 1.84 bits per heavy atom. The molecule has 9 heteroatoms. The molecule has 2 N–H and O–H groups in total. The lowest BCUT2D eigenvalue weighted by Gasteiger charge is -2.11. The van der Waals surface area contributed by atoms with Gasteiger partial charge in [-0.25, -0.2) is 4.98 Å². The molecular formula is C22H22N6OS2. The number of anilines is 2. The average Bonchev–Trinajstić information content (AvgIpc) is 3.38. The zero-order valence-corrected chi connectivity index (χ0v) is 18.8. The van der Waals surface area contributed by atoms with Gasteiger partial charge >= 0.3 is 0 Å². The van der Waals surface area contributed by atoms with E-state index < -0.39 is 0 Å². The zero-order chi connectivity index (χ0) is 21.6. The highest BCUT2D eigenvalue weighted by Gasteiger charge is 2.16. The SMILES string of the molecule is Cc1ccc(NCc2nnc(SCC(=O)Nc3ncc(C)s3)n2-c2ccccc2)cc1. The van der Waals surface area contributed by atoms with Crippen LogP contribution in [0.5, 0.6) is 0 Å². The van der Waals surface area contributed by atoms with Gasteiger partial charge in [0, 0.05) is 22.4 Å².